The summed E-state index contributed by atoms with van der Waals surface area (Å²) < 4.78 is 35.0. The lowest BCUT2D eigenvalue weighted by molar-refractivity contribution is -0.153. The smallest absolute Gasteiger partial charge is 0.315 e. The van der Waals surface area contributed by atoms with Crippen molar-refractivity contribution in [3.05, 3.63) is 0 Å². The van der Waals surface area contributed by atoms with Crippen LogP contribution in [-0.4, -0.2) is 36.1 Å². The molecular weight excluding hydrogens is 236 g/mol. The van der Waals surface area contributed by atoms with Crippen molar-refractivity contribution < 1.29 is 27.6 Å². The largest absolute Gasteiger partial charge is 0.465 e. The van der Waals surface area contributed by atoms with Gasteiger partial charge in [0.05, 0.1) is 6.61 Å². The van der Waals surface area contributed by atoms with Gasteiger partial charge in [-0.15, -0.1) is 0 Å². The Balaban J connectivity index is 2.61. The van der Waals surface area contributed by atoms with E-state index in [1.165, 1.54) is 0 Å². The van der Waals surface area contributed by atoms with Crippen molar-refractivity contribution in [2.24, 2.45) is 5.41 Å². The quantitative estimate of drug-likeness (QED) is 0.401. The van der Waals surface area contributed by atoms with E-state index < -0.39 is 26.9 Å². The number of ether oxygens (including phenoxy) is 1. The molecule has 0 aromatic rings. The van der Waals surface area contributed by atoms with Gasteiger partial charge in [-0.1, -0.05) is 13.3 Å². The molecule has 16 heavy (non-hydrogen) atoms. The van der Waals surface area contributed by atoms with Gasteiger partial charge in [0.25, 0.3) is 10.1 Å². The van der Waals surface area contributed by atoms with Crippen LogP contribution in [0.3, 0.4) is 0 Å². The molecule has 1 saturated carbocycles. The molecule has 0 radical (unpaired) electrons. The maximum Gasteiger partial charge on any atom is 0.315 e. The van der Waals surface area contributed by atoms with Crippen molar-refractivity contribution in [3.63, 3.8) is 0 Å². The van der Waals surface area contributed by atoms with Gasteiger partial charge in [-0.2, -0.15) is 8.42 Å². The van der Waals surface area contributed by atoms with Crippen LogP contribution in [0.5, 0.6) is 0 Å². The Morgan fingerprint density at radius 1 is 1.50 bits per heavy atom. The molecule has 0 bridgehead atoms. The SMILES string of the molecule is CCCCOC(=O)C1(C(O)S(=O)(=O)O)CC1. The lowest BCUT2D eigenvalue weighted by Gasteiger charge is -2.17. The zero-order chi connectivity index (χ0) is 12.4. The number of esters is 1. The molecule has 0 amide bonds. The lowest BCUT2D eigenvalue weighted by Crippen LogP contribution is -2.37. The van der Waals surface area contributed by atoms with Crippen LogP contribution in [0, 0.1) is 5.41 Å². The van der Waals surface area contributed by atoms with Crippen molar-refractivity contribution in [1.82, 2.24) is 0 Å². The number of hydrogen-bond donors (Lipinski definition) is 2. The van der Waals surface area contributed by atoms with Gasteiger partial charge in [0.1, 0.15) is 5.41 Å². The third-order valence-corrected chi connectivity index (χ3v) is 3.70. The van der Waals surface area contributed by atoms with E-state index in [1.807, 2.05) is 6.92 Å². The first-order valence-corrected chi connectivity index (χ1v) is 6.66. The fourth-order valence-electron chi connectivity index (χ4n) is 1.42. The first kappa shape index (κ1) is 13.4. The number of carbonyl (C=O) groups excluding carboxylic acids is 1. The highest BCUT2D eigenvalue weighted by Crippen LogP contribution is 2.51. The second kappa shape index (κ2) is 4.68. The van der Waals surface area contributed by atoms with Crippen LogP contribution >= 0.6 is 0 Å². The maximum absolute atomic E-state index is 11.5. The summed E-state index contributed by atoms with van der Waals surface area (Å²) in [6.07, 6.45) is 1.97. The molecule has 0 aliphatic heterocycles. The molecular formula is C9H16O6S. The van der Waals surface area contributed by atoms with Gasteiger partial charge in [-0.25, -0.2) is 0 Å². The van der Waals surface area contributed by atoms with Crippen LogP contribution in [0.2, 0.25) is 0 Å². The highest BCUT2D eigenvalue weighted by molar-refractivity contribution is 7.86. The number of aliphatic hydroxyl groups is 1. The first-order chi connectivity index (χ1) is 7.34. The van der Waals surface area contributed by atoms with E-state index >= 15 is 0 Å². The van der Waals surface area contributed by atoms with Crippen LogP contribution < -0.4 is 0 Å². The second-order valence-corrected chi connectivity index (χ2v) is 5.49. The molecule has 94 valence electrons. The van der Waals surface area contributed by atoms with E-state index in [0.29, 0.717) is 6.42 Å². The fraction of sp³-hybridized carbons (Fsp3) is 0.889. The maximum atomic E-state index is 11.5. The Hall–Kier alpha value is -0.660. The summed E-state index contributed by atoms with van der Waals surface area (Å²) >= 11 is 0. The number of unbranched alkanes of at least 4 members (excludes halogenated alkanes) is 1. The van der Waals surface area contributed by atoms with Crippen molar-refractivity contribution in [2.45, 2.75) is 38.0 Å². The molecule has 2 N–H and O–H groups in total. The number of aliphatic hydroxyl groups excluding tert-OH is 1. The molecule has 1 aliphatic carbocycles. The van der Waals surface area contributed by atoms with Crippen LogP contribution in [0.15, 0.2) is 0 Å². The summed E-state index contributed by atoms with van der Waals surface area (Å²) in [6, 6.07) is 0. The number of carbonyl (C=O) groups is 1. The Morgan fingerprint density at radius 3 is 2.44 bits per heavy atom. The van der Waals surface area contributed by atoms with Gasteiger partial charge >= 0.3 is 5.97 Å². The van der Waals surface area contributed by atoms with Crippen molar-refractivity contribution in [3.8, 4) is 0 Å². The number of hydrogen-bond acceptors (Lipinski definition) is 5. The van der Waals surface area contributed by atoms with E-state index in [-0.39, 0.29) is 19.4 Å². The summed E-state index contributed by atoms with van der Waals surface area (Å²) in [5.74, 6) is -0.744. The highest BCUT2D eigenvalue weighted by atomic mass is 32.2. The molecule has 1 fully saturated rings. The Morgan fingerprint density at radius 2 is 2.06 bits per heavy atom. The average Bonchev–Trinajstić information content (AvgIpc) is 2.96. The van der Waals surface area contributed by atoms with Crippen molar-refractivity contribution >= 4 is 16.1 Å². The monoisotopic (exact) mass is 252 g/mol. The van der Waals surface area contributed by atoms with Gasteiger partial charge in [-0.3, -0.25) is 9.35 Å². The zero-order valence-electron chi connectivity index (χ0n) is 9.05. The standard InChI is InChI=1S/C9H16O6S/c1-2-3-6-15-7(10)9(4-5-9)8(11)16(12,13)14/h8,11H,2-6H2,1H3,(H,12,13,14). The molecule has 0 saturated heterocycles. The molecule has 0 heterocycles. The van der Waals surface area contributed by atoms with Gasteiger partial charge in [0, 0.05) is 0 Å². The first-order valence-electron chi connectivity index (χ1n) is 5.16. The minimum absolute atomic E-state index is 0.204. The predicted octanol–water partition coefficient (Wildman–Crippen LogP) is 0.316. The lowest BCUT2D eigenvalue weighted by atomic mass is 10.1. The average molecular weight is 252 g/mol. The van der Waals surface area contributed by atoms with Crippen LogP contribution in [0.1, 0.15) is 32.6 Å². The summed E-state index contributed by atoms with van der Waals surface area (Å²) in [6.45, 7) is 2.13. The van der Waals surface area contributed by atoms with Gasteiger partial charge in [0.2, 0.25) is 0 Å². The van der Waals surface area contributed by atoms with E-state index in [9.17, 15) is 18.3 Å². The Bertz CT molecular complexity index is 356. The summed E-state index contributed by atoms with van der Waals surface area (Å²) in [5.41, 5.74) is -3.52. The Labute approximate surface area is 94.4 Å². The second-order valence-electron chi connectivity index (χ2n) is 4.01. The molecule has 1 atom stereocenters. The molecule has 0 aromatic heterocycles. The van der Waals surface area contributed by atoms with E-state index in [2.05, 4.69) is 0 Å². The molecule has 0 spiro atoms. The normalized spacial score (nSPS) is 20.2. The molecule has 7 heteroatoms. The van der Waals surface area contributed by atoms with Crippen LogP contribution in [-0.2, 0) is 19.6 Å². The number of rotatable bonds is 6. The van der Waals surface area contributed by atoms with Gasteiger partial charge in [-0.05, 0) is 19.3 Å². The minimum atomic E-state index is -4.62. The summed E-state index contributed by atoms with van der Waals surface area (Å²) in [7, 11) is -4.62. The third-order valence-electron chi connectivity index (χ3n) is 2.68. The van der Waals surface area contributed by atoms with Crippen LogP contribution in [0.25, 0.3) is 0 Å². The summed E-state index contributed by atoms with van der Waals surface area (Å²) in [5, 5.41) is 9.36. The molecule has 0 aromatic carbocycles. The van der Waals surface area contributed by atoms with Crippen molar-refractivity contribution in [1.29, 1.82) is 0 Å². The topological polar surface area (TPSA) is 101 Å². The van der Waals surface area contributed by atoms with Crippen LogP contribution in [0.4, 0.5) is 0 Å². The molecule has 1 aliphatic rings. The summed E-state index contributed by atoms with van der Waals surface area (Å²) in [4.78, 5) is 11.5. The minimum Gasteiger partial charge on any atom is -0.465 e. The zero-order valence-corrected chi connectivity index (χ0v) is 9.87. The van der Waals surface area contributed by atoms with E-state index in [4.69, 9.17) is 9.29 Å². The molecule has 6 nitrogen and oxygen atoms in total. The fourth-order valence-corrected chi connectivity index (χ4v) is 2.33. The molecule has 1 rings (SSSR count). The highest BCUT2D eigenvalue weighted by Gasteiger charge is 2.61. The van der Waals surface area contributed by atoms with Gasteiger partial charge < -0.3 is 9.84 Å². The molecule has 1 unspecified atom stereocenters. The van der Waals surface area contributed by atoms with E-state index in [0.717, 1.165) is 6.42 Å². The van der Waals surface area contributed by atoms with E-state index in [1.54, 1.807) is 0 Å². The predicted molar refractivity (Wildman–Crippen MR) is 55.1 cm³/mol. The van der Waals surface area contributed by atoms with Crippen molar-refractivity contribution in [2.75, 3.05) is 6.61 Å². The Kier molecular flexibility index (Phi) is 3.92. The van der Waals surface area contributed by atoms with Gasteiger partial charge in [0.15, 0.2) is 5.44 Å². The third kappa shape index (κ3) is 2.72.